The Morgan fingerprint density at radius 2 is 2.12 bits per heavy atom. The average molecular weight is 231 g/mol. The molecule has 0 spiro atoms. The molecule has 88 valence electrons. The highest BCUT2D eigenvalue weighted by molar-refractivity contribution is 5.69. The predicted octanol–water partition coefficient (Wildman–Crippen LogP) is 1.33. The average Bonchev–Trinajstić information content (AvgIpc) is 2.73. The largest absolute Gasteiger partial charge is 0.459 e. The lowest BCUT2D eigenvalue weighted by atomic mass is 10.2. The molecular formula is C12H13N3O2. The van der Waals surface area contributed by atoms with E-state index in [0.29, 0.717) is 0 Å². The third kappa shape index (κ3) is 3.41. The maximum absolute atomic E-state index is 11.5. The van der Waals surface area contributed by atoms with Crippen molar-refractivity contribution in [3.63, 3.8) is 0 Å². The summed E-state index contributed by atoms with van der Waals surface area (Å²) in [4.78, 5) is 11.5. The summed E-state index contributed by atoms with van der Waals surface area (Å²) < 4.78 is 6.57. The van der Waals surface area contributed by atoms with Crippen molar-refractivity contribution in [1.29, 1.82) is 0 Å². The number of carbonyl (C=O) groups is 1. The van der Waals surface area contributed by atoms with E-state index in [2.05, 4.69) is 10.3 Å². The topological polar surface area (TPSA) is 57.0 Å². The molecule has 0 bridgehead atoms. The zero-order valence-electron chi connectivity index (χ0n) is 9.54. The van der Waals surface area contributed by atoms with Crippen molar-refractivity contribution >= 4 is 5.97 Å². The van der Waals surface area contributed by atoms with Crippen LogP contribution >= 0.6 is 0 Å². The number of hydrogen-bond acceptors (Lipinski definition) is 4. The van der Waals surface area contributed by atoms with E-state index in [1.165, 1.54) is 4.68 Å². The van der Waals surface area contributed by atoms with E-state index < -0.39 is 0 Å². The highest BCUT2D eigenvalue weighted by atomic mass is 16.5. The summed E-state index contributed by atoms with van der Waals surface area (Å²) in [6, 6.07) is 9.55. The number of aromatic nitrogens is 3. The van der Waals surface area contributed by atoms with Crippen LogP contribution in [0.25, 0.3) is 0 Å². The fourth-order valence-corrected chi connectivity index (χ4v) is 1.39. The lowest BCUT2D eigenvalue weighted by Gasteiger charge is -2.04. The first kappa shape index (κ1) is 11.3. The van der Waals surface area contributed by atoms with Crippen molar-refractivity contribution in [2.75, 3.05) is 0 Å². The van der Waals surface area contributed by atoms with E-state index in [-0.39, 0.29) is 19.1 Å². The van der Waals surface area contributed by atoms with Crippen LogP contribution in [0.3, 0.4) is 0 Å². The number of rotatable bonds is 4. The first-order chi connectivity index (χ1) is 8.24. The van der Waals surface area contributed by atoms with Gasteiger partial charge in [-0.05, 0) is 12.5 Å². The van der Waals surface area contributed by atoms with Gasteiger partial charge in [-0.3, -0.25) is 4.79 Å². The smallest absolute Gasteiger partial charge is 0.328 e. The summed E-state index contributed by atoms with van der Waals surface area (Å²) in [5, 5.41) is 7.57. The number of esters is 1. The minimum absolute atomic E-state index is 0.0909. The maximum Gasteiger partial charge on any atom is 0.328 e. The first-order valence-corrected chi connectivity index (χ1v) is 5.30. The van der Waals surface area contributed by atoms with Crippen LogP contribution in [-0.4, -0.2) is 21.0 Å². The minimum Gasteiger partial charge on any atom is -0.459 e. The van der Waals surface area contributed by atoms with E-state index in [0.717, 1.165) is 11.3 Å². The van der Waals surface area contributed by atoms with Gasteiger partial charge in [0.05, 0.1) is 5.69 Å². The van der Waals surface area contributed by atoms with Crippen molar-refractivity contribution in [1.82, 2.24) is 15.0 Å². The fourth-order valence-electron chi connectivity index (χ4n) is 1.39. The quantitative estimate of drug-likeness (QED) is 0.745. The SMILES string of the molecule is Cc1cn(CC(=O)OCc2ccccc2)nn1. The van der Waals surface area contributed by atoms with E-state index >= 15 is 0 Å². The Morgan fingerprint density at radius 1 is 1.35 bits per heavy atom. The van der Waals surface area contributed by atoms with Crippen molar-refractivity contribution in [2.45, 2.75) is 20.1 Å². The van der Waals surface area contributed by atoms with Crippen LogP contribution in [-0.2, 0) is 22.7 Å². The molecule has 0 N–H and O–H groups in total. The summed E-state index contributed by atoms with van der Waals surface area (Å²) in [6.07, 6.45) is 1.70. The predicted molar refractivity (Wildman–Crippen MR) is 61.0 cm³/mol. The Morgan fingerprint density at radius 3 is 2.76 bits per heavy atom. The van der Waals surface area contributed by atoms with Gasteiger partial charge in [-0.25, -0.2) is 4.68 Å². The van der Waals surface area contributed by atoms with Crippen LogP contribution in [0.15, 0.2) is 36.5 Å². The normalized spacial score (nSPS) is 10.2. The summed E-state index contributed by atoms with van der Waals surface area (Å²) >= 11 is 0. The van der Waals surface area contributed by atoms with Gasteiger partial charge in [0.1, 0.15) is 13.2 Å². The second-order valence-electron chi connectivity index (χ2n) is 3.70. The number of aryl methyl sites for hydroxylation is 1. The lowest BCUT2D eigenvalue weighted by Crippen LogP contribution is -2.14. The molecule has 0 radical (unpaired) electrons. The highest BCUT2D eigenvalue weighted by Crippen LogP contribution is 2.01. The van der Waals surface area contributed by atoms with Crippen molar-refractivity contribution in [2.24, 2.45) is 0 Å². The van der Waals surface area contributed by atoms with Gasteiger partial charge >= 0.3 is 5.97 Å². The molecule has 0 aliphatic heterocycles. The Kier molecular flexibility index (Phi) is 3.49. The number of nitrogens with zero attached hydrogens (tertiary/aromatic N) is 3. The van der Waals surface area contributed by atoms with Crippen LogP contribution in [0, 0.1) is 6.92 Å². The molecule has 2 aromatic rings. The van der Waals surface area contributed by atoms with E-state index in [1.807, 2.05) is 37.3 Å². The van der Waals surface area contributed by atoms with Crippen molar-refractivity contribution in [3.8, 4) is 0 Å². The third-order valence-electron chi connectivity index (χ3n) is 2.19. The number of ether oxygens (including phenoxy) is 1. The minimum atomic E-state index is -0.321. The molecule has 0 saturated carbocycles. The monoisotopic (exact) mass is 231 g/mol. The van der Waals surface area contributed by atoms with Crippen LogP contribution in [0.5, 0.6) is 0 Å². The molecule has 0 unspecified atom stereocenters. The lowest BCUT2D eigenvalue weighted by molar-refractivity contribution is -0.145. The molecule has 1 aromatic heterocycles. The van der Waals surface area contributed by atoms with E-state index in [4.69, 9.17) is 4.74 Å². The van der Waals surface area contributed by atoms with Crippen molar-refractivity contribution < 1.29 is 9.53 Å². The first-order valence-electron chi connectivity index (χ1n) is 5.30. The van der Waals surface area contributed by atoms with E-state index in [1.54, 1.807) is 6.20 Å². The molecule has 2 rings (SSSR count). The fraction of sp³-hybridized carbons (Fsp3) is 0.250. The van der Waals surface area contributed by atoms with Gasteiger partial charge in [-0.2, -0.15) is 0 Å². The Bertz CT molecular complexity index is 493. The molecule has 1 heterocycles. The van der Waals surface area contributed by atoms with Gasteiger partial charge in [-0.1, -0.05) is 35.5 Å². The molecule has 0 aliphatic rings. The van der Waals surface area contributed by atoms with Crippen LogP contribution in [0.2, 0.25) is 0 Å². The Hall–Kier alpha value is -2.17. The van der Waals surface area contributed by atoms with Gasteiger partial charge in [0.2, 0.25) is 0 Å². The Balaban J connectivity index is 1.82. The van der Waals surface area contributed by atoms with Gasteiger partial charge < -0.3 is 4.74 Å². The molecule has 5 heteroatoms. The molecule has 0 atom stereocenters. The van der Waals surface area contributed by atoms with Crippen LogP contribution in [0.1, 0.15) is 11.3 Å². The van der Waals surface area contributed by atoms with Gasteiger partial charge in [-0.15, -0.1) is 5.10 Å². The standard InChI is InChI=1S/C12H13N3O2/c1-10-7-15(14-13-10)8-12(16)17-9-11-5-3-2-4-6-11/h2-7H,8-9H2,1H3. The Labute approximate surface area is 99.0 Å². The summed E-state index contributed by atoms with van der Waals surface area (Å²) in [6.45, 7) is 2.19. The van der Waals surface area contributed by atoms with Crippen LogP contribution < -0.4 is 0 Å². The van der Waals surface area contributed by atoms with Crippen LogP contribution in [0.4, 0.5) is 0 Å². The maximum atomic E-state index is 11.5. The van der Waals surface area contributed by atoms with E-state index in [9.17, 15) is 4.79 Å². The number of hydrogen-bond donors (Lipinski definition) is 0. The molecule has 0 amide bonds. The van der Waals surface area contributed by atoms with Gasteiger partial charge in [0.25, 0.3) is 0 Å². The number of carbonyl (C=O) groups excluding carboxylic acids is 1. The number of benzene rings is 1. The summed E-state index contributed by atoms with van der Waals surface area (Å²) in [5.41, 5.74) is 1.75. The van der Waals surface area contributed by atoms with Gasteiger partial charge in [0.15, 0.2) is 0 Å². The third-order valence-corrected chi connectivity index (χ3v) is 2.19. The second kappa shape index (κ2) is 5.25. The second-order valence-corrected chi connectivity index (χ2v) is 3.70. The molecule has 0 saturated heterocycles. The summed E-state index contributed by atoms with van der Waals surface area (Å²) in [5.74, 6) is -0.321. The zero-order chi connectivity index (χ0) is 12.1. The molecular weight excluding hydrogens is 218 g/mol. The molecule has 1 aromatic carbocycles. The van der Waals surface area contributed by atoms with Crippen molar-refractivity contribution in [3.05, 3.63) is 47.8 Å². The molecule has 0 fully saturated rings. The summed E-state index contributed by atoms with van der Waals surface area (Å²) in [7, 11) is 0. The molecule has 17 heavy (non-hydrogen) atoms. The molecule has 0 aliphatic carbocycles. The van der Waals surface area contributed by atoms with Gasteiger partial charge in [0, 0.05) is 6.20 Å². The molecule has 5 nitrogen and oxygen atoms in total. The zero-order valence-corrected chi connectivity index (χ0v) is 9.54. The highest BCUT2D eigenvalue weighted by Gasteiger charge is 2.05.